The quantitative estimate of drug-likeness (QED) is 0.737. The first-order valence-electron chi connectivity index (χ1n) is 8.04. The molecule has 0 amide bonds. The summed E-state index contributed by atoms with van der Waals surface area (Å²) in [5, 5.41) is 3.48. The van der Waals surface area contributed by atoms with E-state index in [1.54, 1.807) is 0 Å². The van der Waals surface area contributed by atoms with Gasteiger partial charge in [0.2, 0.25) is 0 Å². The Labute approximate surface area is 124 Å². The molecular formula is C18H31NO. The summed E-state index contributed by atoms with van der Waals surface area (Å²) in [5.74, 6) is 0. The number of benzene rings is 1. The molecule has 0 aliphatic rings. The molecule has 0 aliphatic carbocycles. The van der Waals surface area contributed by atoms with Gasteiger partial charge in [-0.25, -0.2) is 0 Å². The van der Waals surface area contributed by atoms with E-state index in [-0.39, 0.29) is 5.60 Å². The highest BCUT2D eigenvalue weighted by Crippen LogP contribution is 2.27. The number of aryl methyl sites for hydroxylation is 1. The van der Waals surface area contributed by atoms with E-state index in [1.807, 2.05) is 7.05 Å². The minimum Gasteiger partial charge on any atom is -0.374 e. The highest BCUT2D eigenvalue weighted by Gasteiger charge is 2.35. The predicted octanol–water partition coefficient (Wildman–Crippen LogP) is 3.97. The molecule has 2 heteroatoms. The van der Waals surface area contributed by atoms with Gasteiger partial charge in [-0.2, -0.15) is 0 Å². The van der Waals surface area contributed by atoms with Crippen LogP contribution < -0.4 is 5.32 Å². The third-order valence-electron chi connectivity index (χ3n) is 4.48. The van der Waals surface area contributed by atoms with Crippen molar-refractivity contribution in [1.29, 1.82) is 0 Å². The SMILES string of the molecule is CCOC(CC)(CC)C(Cc1ccc(CC)cc1)NC. The van der Waals surface area contributed by atoms with Crippen LogP contribution in [0.2, 0.25) is 0 Å². The molecule has 0 radical (unpaired) electrons. The number of likely N-dealkylation sites (N-methyl/N-ethyl adjacent to an activating group) is 1. The Balaban J connectivity index is 2.87. The van der Waals surface area contributed by atoms with Crippen LogP contribution in [-0.2, 0) is 17.6 Å². The topological polar surface area (TPSA) is 21.3 Å². The first-order valence-corrected chi connectivity index (χ1v) is 8.04. The summed E-state index contributed by atoms with van der Waals surface area (Å²) in [6.45, 7) is 9.50. The van der Waals surface area contributed by atoms with Gasteiger partial charge in [-0.3, -0.25) is 0 Å². The highest BCUT2D eigenvalue weighted by molar-refractivity contribution is 5.23. The lowest BCUT2D eigenvalue weighted by atomic mass is 9.84. The van der Waals surface area contributed by atoms with Crippen molar-refractivity contribution in [2.45, 2.75) is 65.0 Å². The Hall–Kier alpha value is -0.860. The van der Waals surface area contributed by atoms with Crippen molar-refractivity contribution in [2.75, 3.05) is 13.7 Å². The van der Waals surface area contributed by atoms with Crippen LogP contribution in [0.5, 0.6) is 0 Å². The number of hydrogen-bond donors (Lipinski definition) is 1. The molecule has 0 fully saturated rings. The third-order valence-corrected chi connectivity index (χ3v) is 4.48. The fourth-order valence-corrected chi connectivity index (χ4v) is 3.03. The maximum absolute atomic E-state index is 6.14. The average molecular weight is 277 g/mol. The lowest BCUT2D eigenvalue weighted by Gasteiger charge is -2.39. The van der Waals surface area contributed by atoms with Crippen LogP contribution >= 0.6 is 0 Å². The van der Waals surface area contributed by atoms with Crippen LogP contribution in [0.1, 0.15) is 51.7 Å². The third kappa shape index (κ3) is 4.07. The molecular weight excluding hydrogens is 246 g/mol. The van der Waals surface area contributed by atoms with Crippen LogP contribution in [0.4, 0.5) is 0 Å². The second-order valence-electron chi connectivity index (χ2n) is 5.42. The van der Waals surface area contributed by atoms with Gasteiger partial charge in [0.05, 0.1) is 5.60 Å². The van der Waals surface area contributed by atoms with Crippen LogP contribution in [0.15, 0.2) is 24.3 Å². The molecule has 1 rings (SSSR count). The van der Waals surface area contributed by atoms with Crippen molar-refractivity contribution in [3.8, 4) is 0 Å². The number of ether oxygens (including phenoxy) is 1. The Bertz CT molecular complexity index is 368. The molecule has 0 aliphatic heterocycles. The largest absolute Gasteiger partial charge is 0.374 e. The van der Waals surface area contributed by atoms with E-state index in [4.69, 9.17) is 4.74 Å². The molecule has 0 saturated carbocycles. The van der Waals surface area contributed by atoms with Crippen LogP contribution in [0, 0.1) is 0 Å². The van der Waals surface area contributed by atoms with Crippen molar-refractivity contribution in [3.63, 3.8) is 0 Å². The minimum absolute atomic E-state index is 0.0626. The van der Waals surface area contributed by atoms with E-state index < -0.39 is 0 Å². The summed E-state index contributed by atoms with van der Waals surface area (Å²) in [5.41, 5.74) is 2.72. The van der Waals surface area contributed by atoms with Gasteiger partial charge in [0, 0.05) is 12.6 Å². The average Bonchev–Trinajstić information content (AvgIpc) is 2.51. The zero-order valence-corrected chi connectivity index (χ0v) is 13.8. The predicted molar refractivity (Wildman–Crippen MR) is 87.3 cm³/mol. The summed E-state index contributed by atoms with van der Waals surface area (Å²) in [7, 11) is 2.05. The maximum atomic E-state index is 6.14. The summed E-state index contributed by atoms with van der Waals surface area (Å²) in [6.07, 6.45) is 4.19. The van der Waals surface area contributed by atoms with Crippen LogP contribution in [0.25, 0.3) is 0 Å². The van der Waals surface area contributed by atoms with E-state index in [9.17, 15) is 0 Å². The number of rotatable bonds is 9. The summed E-state index contributed by atoms with van der Waals surface area (Å²) in [4.78, 5) is 0. The molecule has 0 bridgehead atoms. The standard InChI is InChI=1S/C18H31NO/c1-6-15-10-12-16(13-11-15)14-17(19-5)18(7-2,8-3)20-9-4/h10-13,17,19H,6-9,14H2,1-5H3. The first kappa shape index (κ1) is 17.2. The molecule has 2 nitrogen and oxygen atoms in total. The molecule has 0 aromatic heterocycles. The highest BCUT2D eigenvalue weighted by atomic mass is 16.5. The second kappa shape index (κ2) is 8.43. The van der Waals surface area contributed by atoms with Gasteiger partial charge < -0.3 is 10.1 Å². The van der Waals surface area contributed by atoms with Gasteiger partial charge in [-0.1, -0.05) is 45.0 Å². The van der Waals surface area contributed by atoms with Crippen LogP contribution in [0.3, 0.4) is 0 Å². The van der Waals surface area contributed by atoms with E-state index in [0.717, 1.165) is 32.3 Å². The van der Waals surface area contributed by atoms with Gasteiger partial charge in [0.1, 0.15) is 0 Å². The molecule has 0 saturated heterocycles. The van der Waals surface area contributed by atoms with E-state index >= 15 is 0 Å². The zero-order chi connectivity index (χ0) is 15.0. The smallest absolute Gasteiger partial charge is 0.0832 e. The van der Waals surface area contributed by atoms with Crippen LogP contribution in [-0.4, -0.2) is 25.3 Å². The molecule has 1 aromatic carbocycles. The normalized spacial score (nSPS) is 13.4. The van der Waals surface area contributed by atoms with Crippen molar-refractivity contribution in [1.82, 2.24) is 5.32 Å². The summed E-state index contributed by atoms with van der Waals surface area (Å²) >= 11 is 0. The zero-order valence-electron chi connectivity index (χ0n) is 13.8. The van der Waals surface area contributed by atoms with Gasteiger partial charge in [0.15, 0.2) is 0 Å². The molecule has 20 heavy (non-hydrogen) atoms. The number of nitrogens with one attached hydrogen (secondary N) is 1. The van der Waals surface area contributed by atoms with Gasteiger partial charge in [0.25, 0.3) is 0 Å². The van der Waals surface area contributed by atoms with Crippen molar-refractivity contribution < 1.29 is 4.74 Å². The summed E-state index contributed by atoms with van der Waals surface area (Å²) < 4.78 is 6.14. The number of hydrogen-bond acceptors (Lipinski definition) is 2. The Kier molecular flexibility index (Phi) is 7.25. The Morgan fingerprint density at radius 2 is 1.55 bits per heavy atom. The molecule has 1 aromatic rings. The van der Waals surface area contributed by atoms with Gasteiger partial charge in [-0.05, 0) is 50.8 Å². The molecule has 1 atom stereocenters. The maximum Gasteiger partial charge on any atom is 0.0832 e. The molecule has 114 valence electrons. The van der Waals surface area contributed by atoms with Gasteiger partial charge in [-0.15, -0.1) is 0 Å². The lowest BCUT2D eigenvalue weighted by molar-refractivity contribution is -0.0703. The first-order chi connectivity index (χ1) is 9.65. The fourth-order valence-electron chi connectivity index (χ4n) is 3.03. The monoisotopic (exact) mass is 277 g/mol. The second-order valence-corrected chi connectivity index (χ2v) is 5.42. The van der Waals surface area contributed by atoms with Crippen molar-refractivity contribution in [2.24, 2.45) is 0 Å². The van der Waals surface area contributed by atoms with Crippen molar-refractivity contribution >= 4 is 0 Å². The lowest BCUT2D eigenvalue weighted by Crippen LogP contribution is -2.52. The minimum atomic E-state index is -0.0626. The summed E-state index contributed by atoms with van der Waals surface area (Å²) in [6, 6.07) is 9.34. The Morgan fingerprint density at radius 1 is 1.00 bits per heavy atom. The molecule has 0 spiro atoms. The molecule has 1 unspecified atom stereocenters. The molecule has 1 N–H and O–H groups in total. The van der Waals surface area contributed by atoms with E-state index in [2.05, 4.69) is 57.3 Å². The van der Waals surface area contributed by atoms with E-state index in [0.29, 0.717) is 6.04 Å². The van der Waals surface area contributed by atoms with E-state index in [1.165, 1.54) is 11.1 Å². The molecule has 0 heterocycles. The van der Waals surface area contributed by atoms with Crippen molar-refractivity contribution in [3.05, 3.63) is 35.4 Å². The Morgan fingerprint density at radius 3 is 1.95 bits per heavy atom. The fraction of sp³-hybridized carbons (Fsp3) is 0.667. The van der Waals surface area contributed by atoms with Gasteiger partial charge >= 0.3 is 0 Å².